The molecule has 208 valence electrons. The summed E-state index contributed by atoms with van der Waals surface area (Å²) in [5.41, 5.74) is 3.05. The van der Waals surface area contributed by atoms with Crippen LogP contribution in [0.3, 0.4) is 0 Å². The number of fused-ring (bicyclic) bond motifs is 1. The number of nitrogens with one attached hydrogen (secondary N) is 1. The molecule has 7 nitrogen and oxygen atoms in total. The number of aryl methyl sites for hydroxylation is 1. The molecule has 1 heterocycles. The van der Waals surface area contributed by atoms with E-state index in [1.807, 2.05) is 38.1 Å². The molecule has 0 atom stereocenters. The van der Waals surface area contributed by atoms with Gasteiger partial charge in [-0.15, -0.1) is 0 Å². The van der Waals surface area contributed by atoms with Crippen molar-refractivity contribution in [2.45, 2.75) is 20.5 Å². The van der Waals surface area contributed by atoms with Crippen molar-refractivity contribution in [3.63, 3.8) is 0 Å². The molecule has 1 aliphatic heterocycles. The second-order valence-corrected chi connectivity index (χ2v) is 10.8. The largest absolute Gasteiger partial charge is 0.490 e. The van der Waals surface area contributed by atoms with Crippen molar-refractivity contribution in [3.05, 3.63) is 105 Å². The summed E-state index contributed by atoms with van der Waals surface area (Å²) in [5.74, 6) is 0.0625. The van der Waals surface area contributed by atoms with E-state index in [0.717, 1.165) is 38.6 Å². The van der Waals surface area contributed by atoms with Crippen LogP contribution in [0.4, 0.5) is 10.5 Å². The lowest BCUT2D eigenvalue weighted by Crippen LogP contribution is -2.36. The maximum absolute atomic E-state index is 13.0. The van der Waals surface area contributed by atoms with Crippen LogP contribution >= 0.6 is 23.4 Å². The van der Waals surface area contributed by atoms with Gasteiger partial charge in [-0.3, -0.25) is 19.3 Å². The Balaban J connectivity index is 1.29. The summed E-state index contributed by atoms with van der Waals surface area (Å²) in [4.78, 5) is 39.4. The lowest BCUT2D eigenvalue weighted by molar-refractivity contribution is -0.127. The number of imide groups is 1. The summed E-state index contributed by atoms with van der Waals surface area (Å²) in [6.45, 7) is 4.08. The quantitative estimate of drug-likeness (QED) is 0.205. The molecule has 0 radical (unpaired) electrons. The molecule has 0 aromatic heterocycles. The molecule has 0 unspecified atom stereocenters. The number of hydrogen-bond donors (Lipinski definition) is 1. The average molecular weight is 587 g/mol. The number of hydrogen-bond acceptors (Lipinski definition) is 6. The van der Waals surface area contributed by atoms with E-state index in [2.05, 4.69) is 23.5 Å². The third-order valence-corrected chi connectivity index (χ3v) is 7.62. The first-order chi connectivity index (χ1) is 19.8. The minimum absolute atomic E-state index is 0.216. The first kappa shape index (κ1) is 28.3. The molecular weight excluding hydrogens is 560 g/mol. The van der Waals surface area contributed by atoms with Gasteiger partial charge in [-0.1, -0.05) is 66.2 Å². The van der Waals surface area contributed by atoms with E-state index in [0.29, 0.717) is 41.0 Å². The number of benzene rings is 4. The van der Waals surface area contributed by atoms with Crippen LogP contribution in [0, 0.1) is 6.92 Å². The SMILES string of the molecule is CCOc1cc(/C=C2/SC(=O)N(CC(=O)Nc3cc(Cl)ccc3C)C2=O)ccc1OCc1cccc2ccccc12. The zero-order valence-corrected chi connectivity index (χ0v) is 24.1. The molecule has 0 saturated carbocycles. The third kappa shape index (κ3) is 6.56. The molecule has 4 aromatic carbocycles. The average Bonchev–Trinajstić information content (AvgIpc) is 3.22. The minimum atomic E-state index is -0.535. The number of nitrogens with zero attached hydrogens (tertiary/aromatic N) is 1. The number of halogens is 1. The highest BCUT2D eigenvalue weighted by Gasteiger charge is 2.36. The summed E-state index contributed by atoms with van der Waals surface area (Å²) >= 11 is 6.81. The Morgan fingerprint density at radius 2 is 1.78 bits per heavy atom. The zero-order chi connectivity index (χ0) is 28.9. The Labute approximate surface area is 247 Å². The summed E-state index contributed by atoms with van der Waals surface area (Å²) < 4.78 is 12.0. The van der Waals surface area contributed by atoms with Gasteiger partial charge in [0.25, 0.3) is 11.1 Å². The molecule has 41 heavy (non-hydrogen) atoms. The summed E-state index contributed by atoms with van der Waals surface area (Å²) in [6.07, 6.45) is 1.61. The van der Waals surface area contributed by atoms with E-state index in [4.69, 9.17) is 21.1 Å². The maximum atomic E-state index is 13.0. The Bertz CT molecular complexity index is 1680. The van der Waals surface area contributed by atoms with Crippen LogP contribution in [0.15, 0.2) is 83.8 Å². The molecule has 0 aliphatic carbocycles. The number of thioether (sulfide) groups is 1. The van der Waals surface area contributed by atoms with Crippen LogP contribution in [-0.4, -0.2) is 35.1 Å². The van der Waals surface area contributed by atoms with E-state index in [1.54, 1.807) is 42.5 Å². The van der Waals surface area contributed by atoms with Crippen molar-refractivity contribution in [2.24, 2.45) is 0 Å². The molecule has 1 aliphatic rings. The molecule has 0 bridgehead atoms. The number of carbonyl (C=O) groups is 3. The smallest absolute Gasteiger partial charge is 0.294 e. The Kier molecular flexibility index (Phi) is 8.61. The summed E-state index contributed by atoms with van der Waals surface area (Å²) in [6, 6.07) is 24.7. The highest BCUT2D eigenvalue weighted by atomic mass is 35.5. The minimum Gasteiger partial charge on any atom is -0.490 e. The van der Waals surface area contributed by atoms with Crippen molar-refractivity contribution >= 4 is 63.0 Å². The third-order valence-electron chi connectivity index (χ3n) is 6.48. The van der Waals surface area contributed by atoms with Crippen LogP contribution in [0.2, 0.25) is 5.02 Å². The highest BCUT2D eigenvalue weighted by molar-refractivity contribution is 8.18. The van der Waals surface area contributed by atoms with Crippen LogP contribution < -0.4 is 14.8 Å². The van der Waals surface area contributed by atoms with Crippen LogP contribution in [-0.2, 0) is 16.2 Å². The normalized spacial score (nSPS) is 14.1. The number of carbonyl (C=O) groups excluding carboxylic acids is 3. The number of amides is 3. The topological polar surface area (TPSA) is 84.9 Å². The number of rotatable bonds is 9. The molecule has 9 heteroatoms. The van der Waals surface area contributed by atoms with Gasteiger partial charge in [-0.2, -0.15) is 0 Å². The predicted molar refractivity (Wildman–Crippen MR) is 163 cm³/mol. The fourth-order valence-electron chi connectivity index (χ4n) is 4.43. The first-order valence-electron chi connectivity index (χ1n) is 13.0. The van der Waals surface area contributed by atoms with Crippen LogP contribution in [0.25, 0.3) is 16.8 Å². The lowest BCUT2D eigenvalue weighted by Gasteiger charge is -2.14. The van der Waals surface area contributed by atoms with Gasteiger partial charge >= 0.3 is 0 Å². The molecule has 5 rings (SSSR count). The second kappa shape index (κ2) is 12.5. The molecule has 0 spiro atoms. The van der Waals surface area contributed by atoms with Gasteiger partial charge in [-0.25, -0.2) is 0 Å². The predicted octanol–water partition coefficient (Wildman–Crippen LogP) is 7.45. The van der Waals surface area contributed by atoms with Crippen molar-refractivity contribution in [1.29, 1.82) is 0 Å². The molecule has 3 amide bonds. The van der Waals surface area contributed by atoms with E-state index < -0.39 is 23.6 Å². The van der Waals surface area contributed by atoms with Crippen LogP contribution in [0.1, 0.15) is 23.6 Å². The zero-order valence-electron chi connectivity index (χ0n) is 22.5. The summed E-state index contributed by atoms with van der Waals surface area (Å²) in [5, 5.41) is 4.93. The first-order valence-corrected chi connectivity index (χ1v) is 14.2. The van der Waals surface area contributed by atoms with Gasteiger partial charge in [0.15, 0.2) is 11.5 Å². The number of anilines is 1. The van der Waals surface area contributed by atoms with Crippen molar-refractivity contribution < 1.29 is 23.9 Å². The summed E-state index contributed by atoms with van der Waals surface area (Å²) in [7, 11) is 0. The van der Waals surface area contributed by atoms with Gasteiger partial charge < -0.3 is 14.8 Å². The van der Waals surface area contributed by atoms with E-state index in [9.17, 15) is 14.4 Å². The molecule has 1 saturated heterocycles. The molecular formula is C32H27ClN2O5S. The fourth-order valence-corrected chi connectivity index (χ4v) is 5.44. The van der Waals surface area contributed by atoms with E-state index in [1.165, 1.54) is 0 Å². The van der Waals surface area contributed by atoms with E-state index in [-0.39, 0.29) is 4.91 Å². The fraction of sp³-hybridized carbons (Fsp3) is 0.156. The van der Waals surface area contributed by atoms with E-state index >= 15 is 0 Å². The van der Waals surface area contributed by atoms with Gasteiger partial charge in [0.05, 0.1) is 11.5 Å². The Hall–Kier alpha value is -4.27. The number of ether oxygens (including phenoxy) is 2. The molecule has 1 fully saturated rings. The van der Waals surface area contributed by atoms with Gasteiger partial charge in [-0.05, 0) is 83.4 Å². The monoisotopic (exact) mass is 586 g/mol. The van der Waals surface area contributed by atoms with Gasteiger partial charge in [0.2, 0.25) is 5.91 Å². The van der Waals surface area contributed by atoms with Crippen molar-refractivity contribution in [1.82, 2.24) is 4.90 Å². The molecule has 1 N–H and O–H groups in total. The Morgan fingerprint density at radius 1 is 0.976 bits per heavy atom. The molecule has 4 aromatic rings. The lowest BCUT2D eigenvalue weighted by atomic mass is 10.1. The second-order valence-electron chi connectivity index (χ2n) is 9.34. The van der Waals surface area contributed by atoms with Crippen molar-refractivity contribution in [2.75, 3.05) is 18.5 Å². The van der Waals surface area contributed by atoms with Crippen LogP contribution in [0.5, 0.6) is 11.5 Å². The standard InChI is InChI=1S/C32H27ClN2O5S/c1-3-39-28-15-21(12-14-27(28)40-19-23-9-6-8-22-7-4-5-10-25(22)23)16-29-31(37)35(32(38)41-29)18-30(36)34-26-17-24(33)13-11-20(26)2/h4-17H,3,18-19H2,1-2H3,(H,34,36)/b29-16+. The van der Waals surface area contributed by atoms with Crippen molar-refractivity contribution in [3.8, 4) is 11.5 Å². The van der Waals surface area contributed by atoms with Gasteiger partial charge in [0, 0.05) is 10.7 Å². The Morgan fingerprint density at radius 3 is 2.61 bits per heavy atom. The van der Waals surface area contributed by atoms with Gasteiger partial charge in [0.1, 0.15) is 13.2 Å². The maximum Gasteiger partial charge on any atom is 0.294 e. The highest BCUT2D eigenvalue weighted by Crippen LogP contribution is 2.35.